The third kappa shape index (κ3) is 3.30. The molecule has 92 valence electrons. The fraction of sp³-hybridized carbons (Fsp3) is 0.462. The number of carbonyl (C=O) groups is 1. The standard InChI is InChI=1S/C13H16BrNO2/c1-8-4-11(8)7-15-6-10-3-2-9(13(16)17)5-12(10)14/h2-3,5,8,11,15H,4,6-7H2,1H3,(H,16,17). The van der Waals surface area contributed by atoms with Crippen molar-refractivity contribution in [2.45, 2.75) is 19.9 Å². The normalized spacial score (nSPS) is 22.5. The molecule has 4 heteroatoms. The topological polar surface area (TPSA) is 49.3 Å². The monoisotopic (exact) mass is 297 g/mol. The van der Waals surface area contributed by atoms with Gasteiger partial charge in [-0.05, 0) is 42.5 Å². The Bertz CT molecular complexity index is 433. The Hall–Kier alpha value is -0.870. The summed E-state index contributed by atoms with van der Waals surface area (Å²) >= 11 is 3.41. The minimum Gasteiger partial charge on any atom is -0.478 e. The molecule has 1 fully saturated rings. The van der Waals surface area contributed by atoms with Gasteiger partial charge in [-0.15, -0.1) is 0 Å². The van der Waals surface area contributed by atoms with E-state index in [9.17, 15) is 4.79 Å². The van der Waals surface area contributed by atoms with E-state index in [4.69, 9.17) is 5.11 Å². The molecule has 0 spiro atoms. The van der Waals surface area contributed by atoms with Gasteiger partial charge < -0.3 is 10.4 Å². The smallest absolute Gasteiger partial charge is 0.335 e. The molecule has 2 rings (SSSR count). The van der Waals surface area contributed by atoms with Crippen LogP contribution >= 0.6 is 15.9 Å². The zero-order valence-electron chi connectivity index (χ0n) is 9.74. The summed E-state index contributed by atoms with van der Waals surface area (Å²) in [6.07, 6.45) is 1.33. The molecule has 1 aromatic rings. The van der Waals surface area contributed by atoms with Crippen molar-refractivity contribution in [2.75, 3.05) is 6.54 Å². The molecule has 1 aliphatic rings. The molecule has 0 aliphatic heterocycles. The summed E-state index contributed by atoms with van der Waals surface area (Å²) in [5, 5.41) is 12.3. The number of carboxylic acids is 1. The zero-order valence-corrected chi connectivity index (χ0v) is 11.3. The van der Waals surface area contributed by atoms with Crippen LogP contribution in [0.2, 0.25) is 0 Å². The summed E-state index contributed by atoms with van der Waals surface area (Å²) in [5.41, 5.74) is 1.42. The van der Waals surface area contributed by atoms with Crippen molar-refractivity contribution in [2.24, 2.45) is 11.8 Å². The molecule has 17 heavy (non-hydrogen) atoms. The van der Waals surface area contributed by atoms with E-state index in [0.29, 0.717) is 5.56 Å². The molecule has 1 saturated carbocycles. The molecule has 2 unspecified atom stereocenters. The largest absolute Gasteiger partial charge is 0.478 e. The molecule has 1 aliphatic carbocycles. The minimum atomic E-state index is -0.892. The first kappa shape index (κ1) is 12.6. The van der Waals surface area contributed by atoms with Gasteiger partial charge in [0.1, 0.15) is 0 Å². The van der Waals surface area contributed by atoms with Crippen LogP contribution in [0.25, 0.3) is 0 Å². The van der Waals surface area contributed by atoms with Gasteiger partial charge in [0.25, 0.3) is 0 Å². The summed E-state index contributed by atoms with van der Waals surface area (Å²) in [6, 6.07) is 5.15. The van der Waals surface area contributed by atoms with Crippen LogP contribution in [0.15, 0.2) is 22.7 Å². The SMILES string of the molecule is CC1CC1CNCc1ccc(C(=O)O)cc1Br. The quantitative estimate of drug-likeness (QED) is 0.879. The highest BCUT2D eigenvalue weighted by molar-refractivity contribution is 9.10. The van der Waals surface area contributed by atoms with E-state index in [1.54, 1.807) is 12.1 Å². The second kappa shape index (κ2) is 5.19. The third-order valence-corrected chi connectivity index (χ3v) is 4.04. The molecule has 0 saturated heterocycles. The number of hydrogen-bond donors (Lipinski definition) is 2. The van der Waals surface area contributed by atoms with Crippen LogP contribution in [0.4, 0.5) is 0 Å². The summed E-state index contributed by atoms with van der Waals surface area (Å²) in [5.74, 6) is 0.796. The van der Waals surface area contributed by atoms with Gasteiger partial charge >= 0.3 is 5.97 Å². The highest BCUT2D eigenvalue weighted by Gasteiger charge is 2.31. The van der Waals surface area contributed by atoms with Gasteiger partial charge in [-0.2, -0.15) is 0 Å². The van der Waals surface area contributed by atoms with Gasteiger partial charge in [0.2, 0.25) is 0 Å². The highest BCUT2D eigenvalue weighted by atomic mass is 79.9. The van der Waals surface area contributed by atoms with Crippen molar-refractivity contribution in [1.29, 1.82) is 0 Å². The average Bonchev–Trinajstić information content (AvgIpc) is 2.97. The average molecular weight is 298 g/mol. The number of nitrogens with one attached hydrogen (secondary N) is 1. The molecule has 2 N–H and O–H groups in total. The second-order valence-corrected chi connectivity index (χ2v) is 5.57. The van der Waals surface area contributed by atoms with Crippen molar-refractivity contribution < 1.29 is 9.90 Å². The van der Waals surface area contributed by atoms with Gasteiger partial charge in [-0.1, -0.05) is 28.9 Å². The fourth-order valence-corrected chi connectivity index (χ4v) is 2.42. The van der Waals surface area contributed by atoms with Crippen LogP contribution in [0, 0.1) is 11.8 Å². The van der Waals surface area contributed by atoms with Crippen molar-refractivity contribution in [1.82, 2.24) is 5.32 Å². The van der Waals surface area contributed by atoms with E-state index < -0.39 is 5.97 Å². The molecular weight excluding hydrogens is 282 g/mol. The lowest BCUT2D eigenvalue weighted by Gasteiger charge is -2.07. The van der Waals surface area contributed by atoms with E-state index in [1.807, 2.05) is 6.07 Å². The third-order valence-electron chi connectivity index (χ3n) is 3.30. The van der Waals surface area contributed by atoms with Crippen molar-refractivity contribution in [3.63, 3.8) is 0 Å². The summed E-state index contributed by atoms with van der Waals surface area (Å²) in [7, 11) is 0. The lowest BCUT2D eigenvalue weighted by atomic mass is 10.1. The number of rotatable bonds is 5. The van der Waals surface area contributed by atoms with Gasteiger partial charge in [-0.3, -0.25) is 0 Å². The number of carboxylic acid groups (broad SMARTS) is 1. The van der Waals surface area contributed by atoms with Crippen LogP contribution in [-0.2, 0) is 6.54 Å². The summed E-state index contributed by atoms with van der Waals surface area (Å²) in [4.78, 5) is 10.8. The molecule has 1 aromatic carbocycles. The molecule has 0 heterocycles. The van der Waals surface area contributed by atoms with E-state index in [0.717, 1.165) is 35.0 Å². The molecular formula is C13H16BrNO2. The Balaban J connectivity index is 1.89. The highest BCUT2D eigenvalue weighted by Crippen LogP contribution is 2.36. The minimum absolute atomic E-state index is 0.316. The summed E-state index contributed by atoms with van der Waals surface area (Å²) in [6.45, 7) is 4.10. The van der Waals surface area contributed by atoms with Gasteiger partial charge in [0, 0.05) is 11.0 Å². The first-order chi connectivity index (χ1) is 8.08. The Morgan fingerprint density at radius 1 is 1.59 bits per heavy atom. The molecule has 3 nitrogen and oxygen atoms in total. The first-order valence-electron chi connectivity index (χ1n) is 5.80. The molecule has 0 amide bonds. The van der Waals surface area contributed by atoms with Gasteiger partial charge in [0.15, 0.2) is 0 Å². The van der Waals surface area contributed by atoms with Crippen molar-refractivity contribution >= 4 is 21.9 Å². The Kier molecular flexibility index (Phi) is 3.84. The predicted octanol–water partition coefficient (Wildman–Crippen LogP) is 2.89. The Morgan fingerprint density at radius 3 is 2.82 bits per heavy atom. The maximum atomic E-state index is 10.8. The maximum absolute atomic E-state index is 10.8. The Labute approximate surface area is 109 Å². The van der Waals surface area contributed by atoms with Crippen LogP contribution in [0.5, 0.6) is 0 Å². The number of hydrogen-bond acceptors (Lipinski definition) is 2. The predicted molar refractivity (Wildman–Crippen MR) is 70.1 cm³/mol. The number of aromatic carboxylic acids is 1. The van der Waals surface area contributed by atoms with Gasteiger partial charge in [0.05, 0.1) is 5.56 Å². The van der Waals surface area contributed by atoms with Crippen LogP contribution < -0.4 is 5.32 Å². The lowest BCUT2D eigenvalue weighted by molar-refractivity contribution is 0.0697. The maximum Gasteiger partial charge on any atom is 0.335 e. The zero-order chi connectivity index (χ0) is 12.4. The fourth-order valence-electron chi connectivity index (χ4n) is 1.90. The molecule has 2 atom stereocenters. The molecule has 0 radical (unpaired) electrons. The molecule has 0 bridgehead atoms. The van der Waals surface area contributed by atoms with Gasteiger partial charge in [-0.25, -0.2) is 4.79 Å². The van der Waals surface area contributed by atoms with E-state index in [1.165, 1.54) is 6.42 Å². The summed E-state index contributed by atoms with van der Waals surface area (Å²) < 4.78 is 0.855. The van der Waals surface area contributed by atoms with Crippen LogP contribution in [0.1, 0.15) is 29.3 Å². The van der Waals surface area contributed by atoms with Crippen LogP contribution in [0.3, 0.4) is 0 Å². The van der Waals surface area contributed by atoms with Crippen molar-refractivity contribution in [3.8, 4) is 0 Å². The second-order valence-electron chi connectivity index (χ2n) is 4.72. The Morgan fingerprint density at radius 2 is 2.29 bits per heavy atom. The number of halogens is 1. The van der Waals surface area contributed by atoms with E-state index in [2.05, 4.69) is 28.2 Å². The first-order valence-corrected chi connectivity index (χ1v) is 6.59. The van der Waals surface area contributed by atoms with Crippen LogP contribution in [-0.4, -0.2) is 17.6 Å². The van der Waals surface area contributed by atoms with E-state index >= 15 is 0 Å². The lowest BCUT2D eigenvalue weighted by Crippen LogP contribution is -2.17. The molecule has 0 aromatic heterocycles. The van der Waals surface area contributed by atoms with E-state index in [-0.39, 0.29) is 0 Å². The van der Waals surface area contributed by atoms with Crippen molar-refractivity contribution in [3.05, 3.63) is 33.8 Å². The number of benzene rings is 1.